The van der Waals surface area contributed by atoms with Crippen molar-refractivity contribution in [3.63, 3.8) is 0 Å². The zero-order valence-electron chi connectivity index (χ0n) is 10.0. The highest BCUT2D eigenvalue weighted by Gasteiger charge is 2.22. The van der Waals surface area contributed by atoms with Crippen LogP contribution in [0.15, 0.2) is 11.8 Å². The predicted molar refractivity (Wildman–Crippen MR) is 62.6 cm³/mol. The van der Waals surface area contributed by atoms with Crippen LogP contribution in [0.1, 0.15) is 52.4 Å². The summed E-state index contributed by atoms with van der Waals surface area (Å²) in [6, 6.07) is 0. The fraction of sp³-hybridized carbons (Fsp3) is 0.846. The maximum Gasteiger partial charge on any atom is 0.0948 e. The van der Waals surface area contributed by atoms with Crippen molar-refractivity contribution in [3.8, 4) is 0 Å². The fourth-order valence-electron chi connectivity index (χ4n) is 2.13. The molecule has 1 fully saturated rings. The third-order valence-corrected chi connectivity index (χ3v) is 3.15. The average Bonchev–Trinajstić information content (AvgIpc) is 2.26. The van der Waals surface area contributed by atoms with Gasteiger partial charge in [0, 0.05) is 5.92 Å². The SMILES string of the molecule is C/C=C(\OCCCC)C1CCC(O)CC1. The molecule has 0 aromatic carbocycles. The number of allylic oxidation sites excluding steroid dienone is 2. The summed E-state index contributed by atoms with van der Waals surface area (Å²) < 4.78 is 5.79. The Morgan fingerprint density at radius 3 is 2.53 bits per heavy atom. The summed E-state index contributed by atoms with van der Waals surface area (Å²) in [5.74, 6) is 1.70. The van der Waals surface area contributed by atoms with Crippen LogP contribution >= 0.6 is 0 Å². The molecule has 1 saturated carbocycles. The summed E-state index contributed by atoms with van der Waals surface area (Å²) in [6.45, 7) is 5.07. The molecule has 0 saturated heterocycles. The van der Waals surface area contributed by atoms with Gasteiger partial charge < -0.3 is 9.84 Å². The van der Waals surface area contributed by atoms with Crippen LogP contribution in [0.5, 0.6) is 0 Å². The quantitative estimate of drug-likeness (QED) is 0.560. The van der Waals surface area contributed by atoms with Gasteiger partial charge in [0.05, 0.1) is 18.5 Å². The van der Waals surface area contributed by atoms with Gasteiger partial charge in [0.1, 0.15) is 0 Å². The molecule has 1 aliphatic rings. The largest absolute Gasteiger partial charge is 0.498 e. The van der Waals surface area contributed by atoms with Crippen LogP contribution in [0.3, 0.4) is 0 Å². The van der Waals surface area contributed by atoms with Crippen molar-refractivity contribution < 1.29 is 9.84 Å². The van der Waals surface area contributed by atoms with E-state index in [4.69, 9.17) is 4.74 Å². The molecule has 1 aliphatic carbocycles. The Balaban J connectivity index is 2.32. The molecule has 1 N–H and O–H groups in total. The maximum absolute atomic E-state index is 9.44. The molecule has 2 nitrogen and oxygen atoms in total. The predicted octanol–water partition coefficient (Wildman–Crippen LogP) is 3.26. The molecular formula is C13H24O2. The summed E-state index contributed by atoms with van der Waals surface area (Å²) in [5, 5.41) is 9.44. The van der Waals surface area contributed by atoms with E-state index in [1.165, 1.54) is 6.42 Å². The molecule has 0 atom stereocenters. The van der Waals surface area contributed by atoms with Crippen LogP contribution in [0.4, 0.5) is 0 Å². The first kappa shape index (κ1) is 12.6. The van der Waals surface area contributed by atoms with Gasteiger partial charge in [0.25, 0.3) is 0 Å². The Kier molecular flexibility index (Phi) is 5.77. The summed E-state index contributed by atoms with van der Waals surface area (Å²) in [7, 11) is 0. The molecule has 0 heterocycles. The Morgan fingerprint density at radius 1 is 1.33 bits per heavy atom. The second-order valence-corrected chi connectivity index (χ2v) is 4.40. The van der Waals surface area contributed by atoms with Gasteiger partial charge in [-0.1, -0.05) is 13.3 Å². The molecule has 0 unspecified atom stereocenters. The first-order valence-electron chi connectivity index (χ1n) is 6.25. The number of unbranched alkanes of at least 4 members (excludes halogenated alkanes) is 1. The normalized spacial score (nSPS) is 27.8. The molecule has 1 rings (SSSR count). The molecule has 88 valence electrons. The zero-order valence-corrected chi connectivity index (χ0v) is 10.0. The monoisotopic (exact) mass is 212 g/mol. The molecule has 0 bridgehead atoms. The van der Waals surface area contributed by atoms with Gasteiger partial charge in [-0.2, -0.15) is 0 Å². The molecule has 0 spiro atoms. The summed E-state index contributed by atoms with van der Waals surface area (Å²) in [4.78, 5) is 0. The molecule has 0 aromatic heterocycles. The topological polar surface area (TPSA) is 29.5 Å². The molecule has 15 heavy (non-hydrogen) atoms. The van der Waals surface area contributed by atoms with Crippen molar-refractivity contribution in [3.05, 3.63) is 11.8 Å². The van der Waals surface area contributed by atoms with E-state index in [0.717, 1.165) is 44.5 Å². The highest BCUT2D eigenvalue weighted by atomic mass is 16.5. The Hall–Kier alpha value is -0.500. The van der Waals surface area contributed by atoms with Gasteiger partial charge in [-0.15, -0.1) is 0 Å². The lowest BCUT2D eigenvalue weighted by Crippen LogP contribution is -2.20. The Morgan fingerprint density at radius 2 is 2.00 bits per heavy atom. The van der Waals surface area contributed by atoms with E-state index in [1.807, 2.05) is 6.92 Å². The smallest absolute Gasteiger partial charge is 0.0948 e. The lowest BCUT2D eigenvalue weighted by molar-refractivity contribution is 0.0903. The number of hydrogen-bond donors (Lipinski definition) is 1. The highest BCUT2D eigenvalue weighted by Crippen LogP contribution is 2.30. The molecule has 2 heteroatoms. The van der Waals surface area contributed by atoms with Crippen LogP contribution in [-0.2, 0) is 4.74 Å². The van der Waals surface area contributed by atoms with Crippen LogP contribution in [0.2, 0.25) is 0 Å². The number of aliphatic hydroxyl groups is 1. The Bertz CT molecular complexity index is 191. The van der Waals surface area contributed by atoms with Gasteiger partial charge in [-0.05, 0) is 45.1 Å². The van der Waals surface area contributed by atoms with Crippen LogP contribution in [0, 0.1) is 5.92 Å². The number of aliphatic hydroxyl groups excluding tert-OH is 1. The van der Waals surface area contributed by atoms with Gasteiger partial charge >= 0.3 is 0 Å². The van der Waals surface area contributed by atoms with Crippen molar-refractivity contribution in [2.75, 3.05) is 6.61 Å². The lowest BCUT2D eigenvalue weighted by Gasteiger charge is -2.27. The highest BCUT2D eigenvalue weighted by molar-refractivity contribution is 4.99. The van der Waals surface area contributed by atoms with Crippen LogP contribution in [-0.4, -0.2) is 17.8 Å². The van der Waals surface area contributed by atoms with Crippen molar-refractivity contribution in [2.24, 2.45) is 5.92 Å². The first-order valence-corrected chi connectivity index (χ1v) is 6.25. The van der Waals surface area contributed by atoms with E-state index < -0.39 is 0 Å². The summed E-state index contributed by atoms with van der Waals surface area (Å²) >= 11 is 0. The minimum Gasteiger partial charge on any atom is -0.498 e. The second-order valence-electron chi connectivity index (χ2n) is 4.40. The van der Waals surface area contributed by atoms with Crippen LogP contribution < -0.4 is 0 Å². The van der Waals surface area contributed by atoms with E-state index in [0.29, 0.717) is 5.92 Å². The number of hydrogen-bond acceptors (Lipinski definition) is 2. The van der Waals surface area contributed by atoms with E-state index in [9.17, 15) is 5.11 Å². The standard InChI is InChI=1S/C13H24O2/c1-3-5-10-15-13(4-2)11-6-8-12(14)9-7-11/h4,11-12,14H,3,5-10H2,1-2H3/b13-4-. The fourth-order valence-corrected chi connectivity index (χ4v) is 2.13. The van der Waals surface area contributed by atoms with Crippen molar-refractivity contribution >= 4 is 0 Å². The average molecular weight is 212 g/mol. The first-order chi connectivity index (χ1) is 7.27. The molecule has 0 radical (unpaired) electrons. The molecule has 0 amide bonds. The van der Waals surface area contributed by atoms with E-state index >= 15 is 0 Å². The minimum atomic E-state index is -0.0741. The van der Waals surface area contributed by atoms with Crippen LogP contribution in [0.25, 0.3) is 0 Å². The third kappa shape index (κ3) is 4.25. The lowest BCUT2D eigenvalue weighted by atomic mass is 9.86. The zero-order chi connectivity index (χ0) is 11.1. The maximum atomic E-state index is 9.44. The van der Waals surface area contributed by atoms with Crippen molar-refractivity contribution in [1.29, 1.82) is 0 Å². The van der Waals surface area contributed by atoms with E-state index in [1.54, 1.807) is 0 Å². The van der Waals surface area contributed by atoms with Gasteiger partial charge in [-0.3, -0.25) is 0 Å². The number of ether oxygens (including phenoxy) is 1. The van der Waals surface area contributed by atoms with Gasteiger partial charge in [0.2, 0.25) is 0 Å². The van der Waals surface area contributed by atoms with Crippen molar-refractivity contribution in [1.82, 2.24) is 0 Å². The molecule has 0 aliphatic heterocycles. The molecular weight excluding hydrogens is 188 g/mol. The third-order valence-electron chi connectivity index (χ3n) is 3.15. The molecule has 0 aromatic rings. The van der Waals surface area contributed by atoms with Gasteiger partial charge in [0.15, 0.2) is 0 Å². The Labute approximate surface area is 93.3 Å². The van der Waals surface area contributed by atoms with E-state index in [2.05, 4.69) is 13.0 Å². The second kappa shape index (κ2) is 6.89. The summed E-state index contributed by atoms with van der Waals surface area (Å²) in [6.07, 6.45) is 8.35. The summed E-state index contributed by atoms with van der Waals surface area (Å²) in [5.41, 5.74) is 0. The minimum absolute atomic E-state index is 0.0741. The number of rotatable bonds is 5. The van der Waals surface area contributed by atoms with Gasteiger partial charge in [-0.25, -0.2) is 0 Å². The van der Waals surface area contributed by atoms with E-state index in [-0.39, 0.29) is 6.10 Å². The van der Waals surface area contributed by atoms with Crippen molar-refractivity contribution in [2.45, 2.75) is 58.5 Å².